The van der Waals surface area contributed by atoms with Gasteiger partial charge in [0, 0.05) is 0 Å². The minimum atomic E-state index is -1.02. The second kappa shape index (κ2) is 8.95. The maximum atomic E-state index is 12.7. The highest BCUT2D eigenvalue weighted by atomic mass is 35.5. The van der Waals surface area contributed by atoms with Crippen molar-refractivity contribution in [3.05, 3.63) is 100 Å². The van der Waals surface area contributed by atoms with Crippen LogP contribution < -0.4 is 15.2 Å². The van der Waals surface area contributed by atoms with Gasteiger partial charge in [-0.25, -0.2) is 9.80 Å². The Kier molecular flexibility index (Phi) is 5.91. The maximum absolute atomic E-state index is 12.7. The monoisotopic (exact) mass is 448 g/mol. The number of aromatic carboxylic acids is 1. The van der Waals surface area contributed by atoms with Crippen LogP contribution in [0, 0.1) is 0 Å². The number of halogens is 1. The summed E-state index contributed by atoms with van der Waals surface area (Å²) in [7, 11) is 0. The topological polar surface area (TPSA) is 95.9 Å². The van der Waals surface area contributed by atoms with Gasteiger partial charge in [-0.3, -0.25) is 15.0 Å². The summed E-state index contributed by atoms with van der Waals surface area (Å²) in [6.07, 6.45) is 1.46. The number of anilines is 1. The Bertz CT molecular complexity index is 1240. The predicted molar refractivity (Wildman–Crippen MR) is 119 cm³/mol. The molecule has 0 saturated carbocycles. The van der Waals surface area contributed by atoms with E-state index < -0.39 is 17.8 Å². The first kappa shape index (κ1) is 21.1. The highest BCUT2D eigenvalue weighted by Gasteiger charge is 2.34. The molecule has 1 fully saturated rings. The second-order valence-corrected chi connectivity index (χ2v) is 7.37. The summed E-state index contributed by atoms with van der Waals surface area (Å²) >= 11 is 6.32. The molecule has 2 N–H and O–H groups in total. The highest BCUT2D eigenvalue weighted by molar-refractivity contribution is 6.33. The number of ether oxygens (including phenoxy) is 1. The number of amides is 2. The van der Waals surface area contributed by atoms with Crippen LogP contribution in [0.3, 0.4) is 0 Å². The fraction of sp³-hybridized carbons (Fsp3) is 0.0417. The minimum absolute atomic E-state index is 0.0101. The Morgan fingerprint density at radius 1 is 1.03 bits per heavy atom. The van der Waals surface area contributed by atoms with Gasteiger partial charge in [-0.05, 0) is 53.6 Å². The molecule has 3 aromatic rings. The molecule has 32 heavy (non-hydrogen) atoms. The lowest BCUT2D eigenvalue weighted by Gasteiger charge is -2.13. The molecule has 0 unspecified atom stereocenters. The lowest BCUT2D eigenvalue weighted by molar-refractivity contribution is -0.117. The Morgan fingerprint density at radius 3 is 2.53 bits per heavy atom. The van der Waals surface area contributed by atoms with E-state index in [1.165, 1.54) is 23.2 Å². The van der Waals surface area contributed by atoms with E-state index in [0.717, 1.165) is 0 Å². The molecule has 4 rings (SSSR count). The number of carboxylic acids is 1. The molecule has 1 aliphatic rings. The van der Waals surface area contributed by atoms with Crippen molar-refractivity contribution in [2.24, 2.45) is 0 Å². The fourth-order valence-electron chi connectivity index (χ4n) is 3.16. The summed E-state index contributed by atoms with van der Waals surface area (Å²) in [6, 6.07) is 20.1. The summed E-state index contributed by atoms with van der Waals surface area (Å²) in [4.78, 5) is 36.1. The Hall–Kier alpha value is -4.10. The van der Waals surface area contributed by atoms with Gasteiger partial charge in [0.2, 0.25) is 0 Å². The van der Waals surface area contributed by atoms with Crippen LogP contribution in [0.5, 0.6) is 5.75 Å². The van der Waals surface area contributed by atoms with Crippen molar-refractivity contribution in [1.82, 2.24) is 5.43 Å². The van der Waals surface area contributed by atoms with Gasteiger partial charge in [0.15, 0.2) is 0 Å². The average Bonchev–Trinajstić information content (AvgIpc) is 3.07. The van der Waals surface area contributed by atoms with Crippen LogP contribution in [0.15, 0.2) is 78.4 Å². The lowest BCUT2D eigenvalue weighted by Crippen LogP contribution is -2.35. The van der Waals surface area contributed by atoms with Crippen LogP contribution in [-0.2, 0) is 16.2 Å². The van der Waals surface area contributed by atoms with E-state index in [-0.39, 0.29) is 17.7 Å². The first-order valence-electron chi connectivity index (χ1n) is 9.59. The van der Waals surface area contributed by atoms with Crippen LogP contribution in [0.25, 0.3) is 6.08 Å². The molecule has 0 atom stereocenters. The third-order valence-corrected chi connectivity index (χ3v) is 5.04. The number of carbonyl (C=O) groups excluding carboxylic acids is 2. The molecule has 160 valence electrons. The molecule has 0 aromatic heterocycles. The van der Waals surface area contributed by atoms with E-state index in [9.17, 15) is 14.4 Å². The number of benzene rings is 3. The summed E-state index contributed by atoms with van der Waals surface area (Å²) in [5.74, 6) is -1.59. The van der Waals surface area contributed by atoms with E-state index in [0.29, 0.717) is 27.6 Å². The van der Waals surface area contributed by atoms with Gasteiger partial charge >= 0.3 is 5.97 Å². The molecular formula is C24H17ClN2O5. The van der Waals surface area contributed by atoms with Crippen LogP contribution in [0.4, 0.5) is 5.69 Å². The third-order valence-electron chi connectivity index (χ3n) is 4.74. The quantitative estimate of drug-likeness (QED) is 0.437. The predicted octanol–water partition coefficient (Wildman–Crippen LogP) is 4.08. The Labute approximate surface area is 188 Å². The Morgan fingerprint density at radius 2 is 1.81 bits per heavy atom. The van der Waals surface area contributed by atoms with Crippen LogP contribution in [0.1, 0.15) is 21.5 Å². The van der Waals surface area contributed by atoms with E-state index in [2.05, 4.69) is 5.43 Å². The van der Waals surface area contributed by atoms with E-state index in [1.807, 2.05) is 6.07 Å². The number of hydrogen-bond donors (Lipinski definition) is 2. The molecule has 0 radical (unpaired) electrons. The van der Waals surface area contributed by atoms with Crippen molar-refractivity contribution in [2.75, 3.05) is 5.01 Å². The lowest BCUT2D eigenvalue weighted by atomic mass is 10.1. The molecule has 3 aromatic carbocycles. The van der Waals surface area contributed by atoms with Gasteiger partial charge in [0.25, 0.3) is 11.8 Å². The van der Waals surface area contributed by atoms with Crippen LogP contribution >= 0.6 is 11.6 Å². The number of carboxylic acid groups (broad SMARTS) is 1. The molecule has 0 bridgehead atoms. The number of rotatable bonds is 6. The van der Waals surface area contributed by atoms with Gasteiger partial charge in [0.1, 0.15) is 17.9 Å². The molecule has 1 aliphatic heterocycles. The van der Waals surface area contributed by atoms with Gasteiger partial charge in [-0.15, -0.1) is 0 Å². The zero-order chi connectivity index (χ0) is 22.7. The number of nitrogens with one attached hydrogen (secondary N) is 1. The Balaban J connectivity index is 1.49. The molecular weight excluding hydrogens is 432 g/mol. The summed E-state index contributed by atoms with van der Waals surface area (Å²) in [5.41, 5.74) is 4.50. The van der Waals surface area contributed by atoms with Crippen molar-refractivity contribution in [2.45, 2.75) is 6.61 Å². The smallest absolute Gasteiger partial charge is 0.335 e. The average molecular weight is 449 g/mol. The van der Waals surface area contributed by atoms with Crippen LogP contribution in [0.2, 0.25) is 5.02 Å². The zero-order valence-electron chi connectivity index (χ0n) is 16.6. The number of nitrogens with zero attached hydrogens (tertiary/aromatic N) is 1. The second-order valence-electron chi connectivity index (χ2n) is 6.96. The van der Waals surface area contributed by atoms with E-state index >= 15 is 0 Å². The first-order valence-corrected chi connectivity index (χ1v) is 9.97. The minimum Gasteiger partial charge on any atom is -0.487 e. The first-order chi connectivity index (χ1) is 15.4. The van der Waals surface area contributed by atoms with Gasteiger partial charge in [-0.1, -0.05) is 48.0 Å². The van der Waals surface area contributed by atoms with Gasteiger partial charge in [-0.2, -0.15) is 0 Å². The normalized spacial score (nSPS) is 14.5. The number of carbonyl (C=O) groups is 3. The van der Waals surface area contributed by atoms with Gasteiger partial charge in [0.05, 0.1) is 16.3 Å². The van der Waals surface area contributed by atoms with E-state index in [1.54, 1.807) is 54.6 Å². The van der Waals surface area contributed by atoms with Gasteiger partial charge < -0.3 is 9.84 Å². The molecule has 1 saturated heterocycles. The molecule has 0 spiro atoms. The summed E-state index contributed by atoms with van der Waals surface area (Å²) < 4.78 is 5.70. The SMILES string of the molecule is O=C1NN(c2ccccc2)C(=O)/C1=C\c1ccc(OCc2cccc(C(=O)O)c2)c(Cl)c1. The van der Waals surface area contributed by atoms with Crippen molar-refractivity contribution < 1.29 is 24.2 Å². The van der Waals surface area contributed by atoms with Crippen molar-refractivity contribution in [3.8, 4) is 5.75 Å². The largest absolute Gasteiger partial charge is 0.487 e. The summed E-state index contributed by atoms with van der Waals surface area (Å²) in [6.45, 7) is 0.133. The number of hydrazine groups is 1. The molecule has 2 amide bonds. The zero-order valence-corrected chi connectivity index (χ0v) is 17.4. The molecule has 8 heteroatoms. The van der Waals surface area contributed by atoms with Crippen molar-refractivity contribution >= 4 is 41.1 Å². The highest BCUT2D eigenvalue weighted by Crippen LogP contribution is 2.28. The summed E-state index contributed by atoms with van der Waals surface area (Å²) in [5, 5.41) is 10.6. The molecule has 0 aliphatic carbocycles. The van der Waals surface area contributed by atoms with Crippen molar-refractivity contribution in [1.29, 1.82) is 0 Å². The third kappa shape index (κ3) is 4.48. The van der Waals surface area contributed by atoms with Crippen molar-refractivity contribution in [3.63, 3.8) is 0 Å². The number of para-hydroxylation sites is 1. The maximum Gasteiger partial charge on any atom is 0.335 e. The molecule has 7 nitrogen and oxygen atoms in total. The molecule has 1 heterocycles. The number of hydrogen-bond acceptors (Lipinski definition) is 4. The van der Waals surface area contributed by atoms with Crippen LogP contribution in [-0.4, -0.2) is 22.9 Å². The van der Waals surface area contributed by atoms with E-state index in [4.69, 9.17) is 21.4 Å². The fourth-order valence-corrected chi connectivity index (χ4v) is 3.41. The standard InChI is InChI=1S/C24H17ClN2O5/c25-20-13-15(9-10-21(20)32-14-16-5-4-6-17(11-16)24(30)31)12-19-22(28)26-27(23(19)29)18-7-2-1-3-8-18/h1-13H,14H2,(H,26,28)(H,30,31)/b19-12-.